The normalized spacial score (nSPS) is 11.8. The van der Waals surface area contributed by atoms with E-state index in [2.05, 4.69) is 19.9 Å². The molecule has 0 aliphatic carbocycles. The lowest BCUT2D eigenvalue weighted by Gasteiger charge is -2.03. The first-order valence-electron chi connectivity index (χ1n) is 5.70. The zero-order valence-corrected chi connectivity index (χ0v) is 11.5. The van der Waals surface area contributed by atoms with Gasteiger partial charge < -0.3 is 4.98 Å². The van der Waals surface area contributed by atoms with Crippen molar-refractivity contribution in [1.82, 2.24) is 20.2 Å². The Labute approximate surface area is 113 Å². The second kappa shape index (κ2) is 4.96. The van der Waals surface area contributed by atoms with E-state index in [-0.39, 0.29) is 11.7 Å². The number of nitrogens with zero attached hydrogens (tertiary/aromatic N) is 1. The summed E-state index contributed by atoms with van der Waals surface area (Å²) >= 11 is 0. The Hall–Kier alpha value is -2.36. The van der Waals surface area contributed by atoms with Gasteiger partial charge in [0.15, 0.2) is 10.7 Å². The van der Waals surface area contributed by atoms with Gasteiger partial charge in [-0.2, -0.15) is 5.10 Å². The lowest BCUT2D eigenvalue weighted by molar-refractivity contribution is 0.598. The Morgan fingerprint density at radius 1 is 1.30 bits per heavy atom. The topological polar surface area (TPSA) is 141 Å². The molecule has 0 bridgehead atoms. The molecule has 0 aliphatic rings. The molecule has 9 nitrogen and oxygen atoms in total. The van der Waals surface area contributed by atoms with Crippen molar-refractivity contribution in [2.75, 3.05) is 4.72 Å². The Balaban J connectivity index is 2.35. The quantitative estimate of drug-likeness (QED) is 0.614. The summed E-state index contributed by atoms with van der Waals surface area (Å²) in [6, 6.07) is 1.53. The molecule has 0 unspecified atom stereocenters. The molecule has 2 aromatic heterocycles. The Bertz CT molecular complexity index is 830. The number of hydrogen-bond acceptors (Lipinski definition) is 5. The summed E-state index contributed by atoms with van der Waals surface area (Å²) in [4.78, 5) is 25.7. The second-order valence-corrected chi connectivity index (χ2v) is 6.06. The molecule has 0 radical (unpaired) electrons. The Kier molecular flexibility index (Phi) is 3.49. The standard InChI is InChI=1S/C10H13N5O4S/c1-5(2)6-3-8(14-13-6)15-20(18,19)7-4-11-10(17)12-9(7)16/h3-5H,1-2H3,(H2,13,14,15)(H2,11,12,16,17). The van der Waals surface area contributed by atoms with Gasteiger partial charge in [-0.3, -0.25) is 19.6 Å². The van der Waals surface area contributed by atoms with Crippen molar-refractivity contribution < 1.29 is 8.42 Å². The molecule has 2 rings (SSSR count). The molecule has 108 valence electrons. The maximum Gasteiger partial charge on any atom is 0.325 e. The summed E-state index contributed by atoms with van der Waals surface area (Å²) < 4.78 is 26.2. The first-order chi connectivity index (χ1) is 9.29. The van der Waals surface area contributed by atoms with Gasteiger partial charge in [-0.1, -0.05) is 13.8 Å². The Morgan fingerprint density at radius 2 is 2.00 bits per heavy atom. The van der Waals surface area contributed by atoms with E-state index in [0.717, 1.165) is 11.9 Å². The van der Waals surface area contributed by atoms with Crippen LogP contribution in [0.1, 0.15) is 25.5 Å². The third kappa shape index (κ3) is 2.79. The molecule has 4 N–H and O–H groups in total. The molecule has 0 atom stereocenters. The van der Waals surface area contributed by atoms with Crippen LogP contribution in [-0.4, -0.2) is 28.6 Å². The van der Waals surface area contributed by atoms with Crippen LogP contribution in [0.3, 0.4) is 0 Å². The fourth-order valence-corrected chi connectivity index (χ4v) is 2.47. The molecule has 0 amide bonds. The zero-order valence-electron chi connectivity index (χ0n) is 10.7. The van der Waals surface area contributed by atoms with Crippen molar-refractivity contribution in [1.29, 1.82) is 0 Å². The molecule has 0 saturated heterocycles. The van der Waals surface area contributed by atoms with Crippen LogP contribution >= 0.6 is 0 Å². The van der Waals surface area contributed by atoms with Gasteiger partial charge in [0.25, 0.3) is 15.6 Å². The molecule has 0 spiro atoms. The number of H-pyrrole nitrogens is 3. The van der Waals surface area contributed by atoms with Crippen LogP contribution in [0.15, 0.2) is 26.7 Å². The summed E-state index contributed by atoms with van der Waals surface area (Å²) in [6.45, 7) is 3.83. The van der Waals surface area contributed by atoms with E-state index >= 15 is 0 Å². The van der Waals surface area contributed by atoms with Crippen molar-refractivity contribution in [3.63, 3.8) is 0 Å². The minimum Gasteiger partial charge on any atom is -0.313 e. The van der Waals surface area contributed by atoms with Gasteiger partial charge in [0.1, 0.15) is 0 Å². The summed E-state index contributed by atoms with van der Waals surface area (Å²) in [6.07, 6.45) is 0.833. The van der Waals surface area contributed by atoms with Crippen molar-refractivity contribution in [2.45, 2.75) is 24.7 Å². The van der Waals surface area contributed by atoms with Gasteiger partial charge in [0.05, 0.1) is 0 Å². The van der Waals surface area contributed by atoms with E-state index in [1.807, 2.05) is 18.8 Å². The van der Waals surface area contributed by atoms with Crippen molar-refractivity contribution >= 4 is 15.8 Å². The van der Waals surface area contributed by atoms with Crippen molar-refractivity contribution in [2.24, 2.45) is 0 Å². The predicted molar refractivity (Wildman–Crippen MR) is 71.2 cm³/mol. The largest absolute Gasteiger partial charge is 0.325 e. The summed E-state index contributed by atoms with van der Waals surface area (Å²) in [5.41, 5.74) is -1.03. The number of aromatic amines is 3. The minimum absolute atomic E-state index is 0.0688. The highest BCUT2D eigenvalue weighted by Gasteiger charge is 2.20. The minimum atomic E-state index is -4.12. The molecule has 2 heterocycles. The van der Waals surface area contributed by atoms with Crippen molar-refractivity contribution in [3.05, 3.63) is 38.8 Å². The van der Waals surface area contributed by atoms with Crippen LogP contribution in [0.5, 0.6) is 0 Å². The number of sulfonamides is 1. The van der Waals surface area contributed by atoms with Crippen LogP contribution in [-0.2, 0) is 10.0 Å². The lowest BCUT2D eigenvalue weighted by atomic mass is 10.1. The molecule has 0 aromatic carbocycles. The second-order valence-electron chi connectivity index (χ2n) is 4.40. The van der Waals surface area contributed by atoms with Crippen LogP contribution in [0, 0.1) is 0 Å². The number of aromatic nitrogens is 4. The average molecular weight is 299 g/mol. The molecular weight excluding hydrogens is 286 g/mol. The maximum atomic E-state index is 12.0. The first kappa shape index (κ1) is 14.1. The highest BCUT2D eigenvalue weighted by molar-refractivity contribution is 7.92. The fourth-order valence-electron chi connectivity index (χ4n) is 1.47. The van der Waals surface area contributed by atoms with Crippen molar-refractivity contribution in [3.8, 4) is 0 Å². The summed E-state index contributed by atoms with van der Waals surface area (Å²) in [5, 5.41) is 6.48. The smallest absolute Gasteiger partial charge is 0.313 e. The number of rotatable bonds is 4. The van der Waals surface area contributed by atoms with Gasteiger partial charge in [0, 0.05) is 18.0 Å². The maximum absolute atomic E-state index is 12.0. The molecular formula is C10H13N5O4S. The summed E-state index contributed by atoms with van der Waals surface area (Å²) in [7, 11) is -4.12. The van der Waals surface area contributed by atoms with E-state index in [0.29, 0.717) is 0 Å². The van der Waals surface area contributed by atoms with Gasteiger partial charge in [0.2, 0.25) is 0 Å². The van der Waals surface area contributed by atoms with Gasteiger partial charge in [-0.25, -0.2) is 13.2 Å². The lowest BCUT2D eigenvalue weighted by Crippen LogP contribution is -2.29. The predicted octanol–water partition coefficient (Wildman–Crippen LogP) is -0.290. The van der Waals surface area contributed by atoms with Crippen LogP contribution in [0.4, 0.5) is 5.82 Å². The number of nitrogens with one attached hydrogen (secondary N) is 4. The third-order valence-electron chi connectivity index (χ3n) is 2.53. The van der Waals surface area contributed by atoms with E-state index < -0.39 is 26.2 Å². The first-order valence-corrected chi connectivity index (χ1v) is 7.18. The van der Waals surface area contributed by atoms with Crippen LogP contribution in [0.2, 0.25) is 0 Å². The number of anilines is 1. The van der Waals surface area contributed by atoms with Crippen LogP contribution < -0.4 is 16.0 Å². The SMILES string of the molecule is CC(C)c1cc(NS(=O)(=O)c2c[nH]c(=O)[nH]c2=O)n[nH]1. The van der Waals surface area contributed by atoms with E-state index in [4.69, 9.17) is 0 Å². The zero-order chi connectivity index (χ0) is 14.9. The monoisotopic (exact) mass is 299 g/mol. The van der Waals surface area contributed by atoms with E-state index in [1.54, 1.807) is 0 Å². The van der Waals surface area contributed by atoms with E-state index in [9.17, 15) is 18.0 Å². The third-order valence-corrected chi connectivity index (χ3v) is 3.89. The Morgan fingerprint density at radius 3 is 2.55 bits per heavy atom. The molecule has 0 saturated carbocycles. The fraction of sp³-hybridized carbons (Fsp3) is 0.300. The molecule has 10 heteroatoms. The van der Waals surface area contributed by atoms with Gasteiger partial charge in [-0.15, -0.1) is 0 Å². The number of hydrogen-bond donors (Lipinski definition) is 4. The van der Waals surface area contributed by atoms with Gasteiger partial charge >= 0.3 is 5.69 Å². The van der Waals surface area contributed by atoms with E-state index in [1.165, 1.54) is 6.07 Å². The average Bonchev–Trinajstić information content (AvgIpc) is 2.76. The van der Waals surface area contributed by atoms with Crippen LogP contribution in [0.25, 0.3) is 0 Å². The van der Waals surface area contributed by atoms with Gasteiger partial charge in [-0.05, 0) is 5.92 Å². The molecule has 20 heavy (non-hydrogen) atoms. The summed E-state index contributed by atoms with van der Waals surface area (Å²) in [5.74, 6) is 0.219. The highest BCUT2D eigenvalue weighted by atomic mass is 32.2. The molecule has 2 aromatic rings. The molecule has 0 fully saturated rings. The highest BCUT2D eigenvalue weighted by Crippen LogP contribution is 2.16. The molecule has 0 aliphatic heterocycles.